The second kappa shape index (κ2) is 6.81. The van der Waals surface area contributed by atoms with Crippen molar-refractivity contribution < 1.29 is 18.7 Å². The molecule has 0 aliphatic carbocycles. The van der Waals surface area contributed by atoms with Crippen molar-refractivity contribution in [1.82, 2.24) is 0 Å². The maximum Gasteiger partial charge on any atom is 0.335 e. The first kappa shape index (κ1) is 13.4. The van der Waals surface area contributed by atoms with Gasteiger partial charge in [-0.1, -0.05) is 24.8 Å². The number of esters is 1. The van der Waals surface area contributed by atoms with Gasteiger partial charge in [0.1, 0.15) is 5.82 Å². The summed E-state index contributed by atoms with van der Waals surface area (Å²) in [4.78, 5) is 11.2. The van der Waals surface area contributed by atoms with E-state index in [2.05, 4.69) is 6.58 Å². The molecule has 0 amide bonds. The zero-order chi connectivity index (χ0) is 12.7. The zero-order valence-electron chi connectivity index (χ0n) is 9.74. The van der Waals surface area contributed by atoms with Crippen LogP contribution < -0.4 is 0 Å². The van der Waals surface area contributed by atoms with Crippen LogP contribution in [0.5, 0.6) is 0 Å². The molecule has 0 spiro atoms. The third-order valence-electron chi connectivity index (χ3n) is 2.06. The number of rotatable bonds is 6. The molecule has 0 heterocycles. The van der Waals surface area contributed by atoms with Crippen molar-refractivity contribution in [3.63, 3.8) is 0 Å². The van der Waals surface area contributed by atoms with Crippen LogP contribution in [0.3, 0.4) is 0 Å². The van der Waals surface area contributed by atoms with E-state index in [-0.39, 0.29) is 24.6 Å². The van der Waals surface area contributed by atoms with Crippen molar-refractivity contribution in [2.75, 3.05) is 13.2 Å². The Morgan fingerprint density at radius 3 is 2.76 bits per heavy atom. The van der Waals surface area contributed by atoms with Gasteiger partial charge in [0.15, 0.2) is 0 Å². The minimum atomic E-state index is -0.485. The third kappa shape index (κ3) is 4.36. The molecule has 17 heavy (non-hydrogen) atoms. The summed E-state index contributed by atoms with van der Waals surface area (Å²) >= 11 is 0. The van der Waals surface area contributed by atoms with Crippen molar-refractivity contribution in [3.8, 4) is 0 Å². The van der Waals surface area contributed by atoms with Crippen LogP contribution in [0.25, 0.3) is 0 Å². The summed E-state index contributed by atoms with van der Waals surface area (Å²) in [6.07, 6.45) is 0. The number of halogens is 1. The lowest BCUT2D eigenvalue weighted by molar-refractivity contribution is -0.139. The summed E-state index contributed by atoms with van der Waals surface area (Å²) in [5.41, 5.74) is 0.673. The van der Waals surface area contributed by atoms with Crippen LogP contribution in [0.15, 0.2) is 36.4 Å². The Morgan fingerprint density at radius 1 is 1.41 bits per heavy atom. The van der Waals surface area contributed by atoms with Crippen molar-refractivity contribution in [1.29, 1.82) is 0 Å². The molecule has 0 atom stereocenters. The fourth-order valence-electron chi connectivity index (χ4n) is 1.19. The van der Waals surface area contributed by atoms with E-state index >= 15 is 0 Å². The van der Waals surface area contributed by atoms with E-state index in [0.717, 1.165) is 0 Å². The molecule has 92 valence electrons. The predicted octanol–water partition coefficient (Wildman–Crippen LogP) is 2.46. The molecular formula is C13H15FO3. The van der Waals surface area contributed by atoms with Crippen molar-refractivity contribution in [2.24, 2.45) is 0 Å². The highest BCUT2D eigenvalue weighted by Gasteiger charge is 2.08. The van der Waals surface area contributed by atoms with Gasteiger partial charge in [-0.05, 0) is 13.0 Å². The molecule has 4 heteroatoms. The van der Waals surface area contributed by atoms with E-state index < -0.39 is 5.97 Å². The topological polar surface area (TPSA) is 35.5 Å². The van der Waals surface area contributed by atoms with Gasteiger partial charge in [0.05, 0.1) is 25.4 Å². The van der Waals surface area contributed by atoms with Crippen molar-refractivity contribution in [2.45, 2.75) is 13.5 Å². The molecule has 0 saturated heterocycles. The largest absolute Gasteiger partial charge is 0.463 e. The number of benzene rings is 1. The van der Waals surface area contributed by atoms with Gasteiger partial charge < -0.3 is 9.47 Å². The van der Waals surface area contributed by atoms with Gasteiger partial charge in [0, 0.05) is 5.56 Å². The van der Waals surface area contributed by atoms with Gasteiger partial charge in [0.25, 0.3) is 0 Å². The van der Waals surface area contributed by atoms with Gasteiger partial charge >= 0.3 is 5.97 Å². The van der Waals surface area contributed by atoms with E-state index in [9.17, 15) is 9.18 Å². The first-order chi connectivity index (χ1) is 8.15. The van der Waals surface area contributed by atoms with Crippen LogP contribution in [-0.2, 0) is 20.9 Å². The first-order valence-electron chi connectivity index (χ1n) is 5.31. The fourth-order valence-corrected chi connectivity index (χ4v) is 1.19. The van der Waals surface area contributed by atoms with E-state index in [1.807, 2.05) is 0 Å². The fraction of sp³-hybridized carbons (Fsp3) is 0.308. The van der Waals surface area contributed by atoms with Crippen LogP contribution in [0, 0.1) is 5.82 Å². The summed E-state index contributed by atoms with van der Waals surface area (Å²) in [6, 6.07) is 6.32. The minimum absolute atomic E-state index is 0.0349. The van der Waals surface area contributed by atoms with Crippen LogP contribution in [-0.4, -0.2) is 19.2 Å². The number of hydrogen-bond acceptors (Lipinski definition) is 3. The Bertz CT molecular complexity index is 401. The van der Waals surface area contributed by atoms with Crippen molar-refractivity contribution >= 4 is 5.97 Å². The van der Waals surface area contributed by atoms with Gasteiger partial charge in [-0.15, -0.1) is 0 Å². The summed E-state index contributed by atoms with van der Waals surface area (Å²) in [7, 11) is 0. The zero-order valence-corrected chi connectivity index (χ0v) is 9.74. The van der Waals surface area contributed by atoms with Crippen LogP contribution >= 0.6 is 0 Å². The molecule has 0 bridgehead atoms. The molecule has 0 N–H and O–H groups in total. The molecule has 0 aliphatic rings. The molecule has 0 unspecified atom stereocenters. The van der Waals surface area contributed by atoms with Gasteiger partial charge in [-0.25, -0.2) is 9.18 Å². The minimum Gasteiger partial charge on any atom is -0.463 e. The molecule has 0 aliphatic heterocycles. The van der Waals surface area contributed by atoms with E-state index in [1.54, 1.807) is 25.1 Å². The Hall–Kier alpha value is -1.68. The lowest BCUT2D eigenvalue weighted by atomic mass is 10.2. The highest BCUT2D eigenvalue weighted by molar-refractivity contribution is 5.87. The standard InChI is InChI=1S/C13H15FO3/c1-3-17-13(15)10(2)8-16-9-11-6-4-5-7-12(11)14/h4-7H,2-3,8-9H2,1H3. The SMILES string of the molecule is C=C(COCc1ccccc1F)C(=O)OCC. The Labute approximate surface area is 99.9 Å². The highest BCUT2D eigenvalue weighted by atomic mass is 19.1. The number of ether oxygens (including phenoxy) is 2. The number of carbonyl (C=O) groups excluding carboxylic acids is 1. The second-order valence-corrected chi connectivity index (χ2v) is 3.41. The molecule has 0 aromatic heterocycles. The Balaban J connectivity index is 2.36. The molecular weight excluding hydrogens is 223 g/mol. The summed E-state index contributed by atoms with van der Waals surface area (Å²) in [6.45, 7) is 5.68. The van der Waals surface area contributed by atoms with E-state index in [4.69, 9.17) is 9.47 Å². The summed E-state index contributed by atoms with van der Waals surface area (Å²) < 4.78 is 23.1. The second-order valence-electron chi connectivity index (χ2n) is 3.41. The smallest absolute Gasteiger partial charge is 0.335 e. The van der Waals surface area contributed by atoms with Gasteiger partial charge in [0.2, 0.25) is 0 Å². The normalized spacial score (nSPS) is 10.0. The Morgan fingerprint density at radius 2 is 2.12 bits per heavy atom. The Kier molecular flexibility index (Phi) is 5.36. The predicted molar refractivity (Wildman–Crippen MR) is 61.8 cm³/mol. The van der Waals surface area contributed by atoms with E-state index in [1.165, 1.54) is 6.07 Å². The van der Waals surface area contributed by atoms with Crippen LogP contribution in [0.4, 0.5) is 4.39 Å². The number of carbonyl (C=O) groups is 1. The molecule has 1 rings (SSSR count). The monoisotopic (exact) mass is 238 g/mol. The quantitative estimate of drug-likeness (QED) is 0.564. The van der Waals surface area contributed by atoms with Crippen LogP contribution in [0.1, 0.15) is 12.5 Å². The van der Waals surface area contributed by atoms with Crippen LogP contribution in [0.2, 0.25) is 0 Å². The van der Waals surface area contributed by atoms with Gasteiger partial charge in [-0.2, -0.15) is 0 Å². The first-order valence-corrected chi connectivity index (χ1v) is 5.31. The highest BCUT2D eigenvalue weighted by Crippen LogP contribution is 2.08. The molecule has 1 aromatic carbocycles. The van der Waals surface area contributed by atoms with Gasteiger partial charge in [-0.3, -0.25) is 0 Å². The van der Waals surface area contributed by atoms with E-state index in [0.29, 0.717) is 12.2 Å². The molecule has 0 fully saturated rings. The maximum absolute atomic E-state index is 13.2. The maximum atomic E-state index is 13.2. The third-order valence-corrected chi connectivity index (χ3v) is 2.06. The summed E-state index contributed by atoms with van der Waals surface area (Å²) in [5.74, 6) is -0.810. The molecule has 3 nitrogen and oxygen atoms in total. The number of hydrogen-bond donors (Lipinski definition) is 0. The summed E-state index contributed by atoms with van der Waals surface area (Å²) in [5, 5.41) is 0. The lowest BCUT2D eigenvalue weighted by Crippen LogP contribution is -2.11. The average molecular weight is 238 g/mol. The molecule has 0 radical (unpaired) electrons. The molecule has 1 aromatic rings. The lowest BCUT2D eigenvalue weighted by Gasteiger charge is -2.07. The van der Waals surface area contributed by atoms with Crippen molar-refractivity contribution in [3.05, 3.63) is 47.8 Å². The average Bonchev–Trinajstić information content (AvgIpc) is 2.31. The molecule has 0 saturated carbocycles.